The highest BCUT2D eigenvalue weighted by Gasteiger charge is 2.01. The smallest absolute Gasteiger partial charge is 0.140 e. The van der Waals surface area contributed by atoms with Crippen LogP contribution >= 0.6 is 0 Å². The van der Waals surface area contributed by atoms with Crippen molar-refractivity contribution in [3.8, 4) is 5.75 Å². The van der Waals surface area contributed by atoms with Gasteiger partial charge in [-0.3, -0.25) is 4.98 Å². The second-order valence-corrected chi connectivity index (χ2v) is 2.68. The number of aromatic nitrogens is 1. The Labute approximate surface area is 108 Å². The monoisotopic (exact) mass is 241 g/mol. The van der Waals surface area contributed by atoms with Crippen molar-refractivity contribution in [3.63, 3.8) is 0 Å². The average Bonchev–Trinajstić information content (AvgIpc) is 2.41. The first kappa shape index (κ1) is 21.3. The maximum absolute atomic E-state index is 5.12. The maximum atomic E-state index is 5.12. The number of hydrogen-bond donors (Lipinski definition) is 0. The summed E-state index contributed by atoms with van der Waals surface area (Å²) < 4.78 is 5.12. The Bertz CT molecular complexity index is 270. The van der Waals surface area contributed by atoms with Gasteiger partial charge in [-0.2, -0.15) is 0 Å². The molecule has 1 aromatic heterocycles. The number of aryl methyl sites for hydroxylation is 3. The van der Waals surface area contributed by atoms with Crippen LogP contribution in [-0.4, -0.2) is 12.1 Å². The zero-order chi connectivity index (χ0) is 14.4. The molecule has 2 heteroatoms. The molecule has 0 amide bonds. The van der Waals surface area contributed by atoms with Gasteiger partial charge in [0.25, 0.3) is 0 Å². The molecule has 2 nitrogen and oxygen atoms in total. The first-order chi connectivity index (χ1) is 8.15. The Balaban J connectivity index is -0.000000285. The van der Waals surface area contributed by atoms with E-state index in [1.807, 2.05) is 68.4 Å². The molecule has 0 fully saturated rings. The fourth-order valence-electron chi connectivity index (χ4n) is 1.01. The summed E-state index contributed by atoms with van der Waals surface area (Å²) in [5.74, 6) is 0.869. The van der Waals surface area contributed by atoms with E-state index in [1.165, 1.54) is 5.56 Å². The van der Waals surface area contributed by atoms with Gasteiger partial charge in [0.2, 0.25) is 0 Å². The number of ether oxygens (including phenoxy) is 1. The third kappa shape index (κ3) is 8.73. The molecule has 0 aromatic carbocycles. The fourth-order valence-corrected chi connectivity index (χ4v) is 1.01. The van der Waals surface area contributed by atoms with E-state index in [1.54, 1.807) is 7.11 Å². The van der Waals surface area contributed by atoms with Crippen LogP contribution in [0.3, 0.4) is 0 Å². The van der Waals surface area contributed by atoms with E-state index in [0.717, 1.165) is 17.1 Å². The van der Waals surface area contributed by atoms with Crippen molar-refractivity contribution in [2.45, 2.75) is 62.3 Å². The van der Waals surface area contributed by atoms with Crippen LogP contribution < -0.4 is 4.74 Å². The molecule has 1 heterocycles. The molecule has 0 unspecified atom stereocenters. The minimum absolute atomic E-state index is 0.869. The molecule has 0 atom stereocenters. The molecule has 0 N–H and O–H groups in total. The lowest BCUT2D eigenvalue weighted by molar-refractivity contribution is 0.408. The van der Waals surface area contributed by atoms with Crippen LogP contribution in [0.1, 0.15) is 58.5 Å². The molecule has 17 heavy (non-hydrogen) atoms. The Morgan fingerprint density at radius 3 is 1.59 bits per heavy atom. The highest BCUT2D eigenvalue weighted by atomic mass is 16.5. The van der Waals surface area contributed by atoms with Crippen LogP contribution in [0.15, 0.2) is 6.07 Å². The minimum Gasteiger partial charge on any atom is -0.495 e. The Morgan fingerprint density at radius 2 is 1.24 bits per heavy atom. The predicted octanol–water partition coefficient (Wildman–Crippen LogP) is 5.09. The van der Waals surface area contributed by atoms with Gasteiger partial charge < -0.3 is 4.74 Å². The number of nitrogens with zero attached hydrogens (tertiary/aromatic N) is 1. The summed E-state index contributed by atoms with van der Waals surface area (Å²) in [4.78, 5) is 4.32. The molecule has 0 bridgehead atoms. The van der Waals surface area contributed by atoms with Gasteiger partial charge in [0, 0.05) is 5.69 Å². The van der Waals surface area contributed by atoms with Gasteiger partial charge in [-0.05, 0) is 32.4 Å². The van der Waals surface area contributed by atoms with Crippen LogP contribution in [0.25, 0.3) is 0 Å². The molecule has 0 radical (unpaired) electrons. The number of hydrogen-bond acceptors (Lipinski definition) is 2. The van der Waals surface area contributed by atoms with Crippen molar-refractivity contribution in [2.75, 3.05) is 7.11 Å². The fraction of sp³-hybridized carbons (Fsp3) is 0.667. The van der Waals surface area contributed by atoms with Crippen LogP contribution in [-0.2, 0) is 0 Å². The van der Waals surface area contributed by atoms with Crippen molar-refractivity contribution in [3.05, 3.63) is 23.0 Å². The molecular formula is C15H31NO. The van der Waals surface area contributed by atoms with Gasteiger partial charge in [0.15, 0.2) is 0 Å². The SMILES string of the molecule is CC.CC.CC.COc1cc(C)c(C)nc1C. The van der Waals surface area contributed by atoms with E-state index in [-0.39, 0.29) is 0 Å². The molecule has 1 aromatic rings. The maximum Gasteiger partial charge on any atom is 0.140 e. The second kappa shape index (κ2) is 14.9. The second-order valence-electron chi connectivity index (χ2n) is 2.68. The highest BCUT2D eigenvalue weighted by Crippen LogP contribution is 2.17. The summed E-state index contributed by atoms with van der Waals surface area (Å²) in [6.45, 7) is 18.0. The Kier molecular flexibility index (Phi) is 18.7. The zero-order valence-electron chi connectivity index (χ0n) is 13.4. The molecule has 102 valence electrons. The first-order valence-corrected chi connectivity index (χ1v) is 6.64. The zero-order valence-corrected chi connectivity index (χ0v) is 13.4. The minimum atomic E-state index is 0.869. The average molecular weight is 241 g/mol. The van der Waals surface area contributed by atoms with Crippen molar-refractivity contribution in [1.29, 1.82) is 0 Å². The molecular weight excluding hydrogens is 210 g/mol. The van der Waals surface area contributed by atoms with Gasteiger partial charge in [0.1, 0.15) is 5.75 Å². The van der Waals surface area contributed by atoms with E-state index in [4.69, 9.17) is 4.74 Å². The lowest BCUT2D eigenvalue weighted by atomic mass is 10.2. The lowest BCUT2D eigenvalue weighted by Gasteiger charge is -2.06. The van der Waals surface area contributed by atoms with Crippen molar-refractivity contribution < 1.29 is 4.74 Å². The van der Waals surface area contributed by atoms with Crippen LogP contribution in [0.2, 0.25) is 0 Å². The van der Waals surface area contributed by atoms with Crippen LogP contribution in [0.4, 0.5) is 0 Å². The summed E-state index contributed by atoms with van der Waals surface area (Å²) in [6, 6.07) is 2.01. The molecule has 0 spiro atoms. The largest absolute Gasteiger partial charge is 0.495 e. The topological polar surface area (TPSA) is 22.1 Å². The van der Waals surface area contributed by atoms with Gasteiger partial charge in [-0.15, -0.1) is 0 Å². The van der Waals surface area contributed by atoms with Crippen molar-refractivity contribution in [2.24, 2.45) is 0 Å². The summed E-state index contributed by atoms with van der Waals surface area (Å²) in [5, 5.41) is 0. The van der Waals surface area contributed by atoms with E-state index in [9.17, 15) is 0 Å². The van der Waals surface area contributed by atoms with E-state index < -0.39 is 0 Å². The summed E-state index contributed by atoms with van der Waals surface area (Å²) >= 11 is 0. The summed E-state index contributed by atoms with van der Waals surface area (Å²) in [5.41, 5.74) is 3.20. The molecule has 0 aliphatic carbocycles. The van der Waals surface area contributed by atoms with Gasteiger partial charge >= 0.3 is 0 Å². The van der Waals surface area contributed by atoms with E-state index >= 15 is 0 Å². The summed E-state index contributed by atoms with van der Waals surface area (Å²) in [7, 11) is 1.67. The third-order valence-electron chi connectivity index (χ3n) is 1.83. The molecule has 0 aliphatic rings. The van der Waals surface area contributed by atoms with Crippen molar-refractivity contribution in [1.82, 2.24) is 4.98 Å². The molecule has 0 saturated carbocycles. The number of pyridine rings is 1. The first-order valence-electron chi connectivity index (χ1n) is 6.64. The third-order valence-corrected chi connectivity index (χ3v) is 1.83. The normalized spacial score (nSPS) is 7.41. The lowest BCUT2D eigenvalue weighted by Crippen LogP contribution is -1.94. The van der Waals surface area contributed by atoms with Gasteiger partial charge in [-0.25, -0.2) is 0 Å². The van der Waals surface area contributed by atoms with Crippen LogP contribution in [0.5, 0.6) is 5.75 Å². The van der Waals surface area contributed by atoms with Gasteiger partial charge in [0.05, 0.1) is 12.8 Å². The van der Waals surface area contributed by atoms with Crippen molar-refractivity contribution >= 4 is 0 Å². The Hall–Kier alpha value is -1.05. The number of rotatable bonds is 1. The standard InChI is InChI=1S/C9H13NO.3C2H6/c1-6-5-9(11-4)8(3)10-7(6)2;3*1-2/h5H,1-4H3;3*1-2H3. The number of methoxy groups -OCH3 is 1. The van der Waals surface area contributed by atoms with Gasteiger partial charge in [-0.1, -0.05) is 41.5 Å². The predicted molar refractivity (Wildman–Crippen MR) is 79.0 cm³/mol. The van der Waals surface area contributed by atoms with Crippen LogP contribution in [0, 0.1) is 20.8 Å². The highest BCUT2D eigenvalue weighted by molar-refractivity contribution is 5.33. The quantitative estimate of drug-likeness (QED) is 0.683. The van der Waals surface area contributed by atoms with E-state index in [2.05, 4.69) is 4.98 Å². The molecule has 0 saturated heterocycles. The summed E-state index contributed by atoms with van der Waals surface area (Å²) in [6.07, 6.45) is 0. The Morgan fingerprint density at radius 1 is 0.824 bits per heavy atom. The van der Waals surface area contributed by atoms with E-state index in [0.29, 0.717) is 0 Å². The molecule has 0 aliphatic heterocycles. The molecule has 1 rings (SSSR count).